The van der Waals surface area contributed by atoms with Gasteiger partial charge in [-0.15, -0.1) is 10.2 Å². The first-order chi connectivity index (χ1) is 16.8. The van der Waals surface area contributed by atoms with E-state index in [9.17, 15) is 71.2 Å². The number of halogens is 1. The number of nitrogens with zero attached hydrogens (tertiary/aromatic N) is 3. The van der Waals surface area contributed by atoms with Crippen molar-refractivity contribution in [2.24, 2.45) is 0 Å². The highest BCUT2D eigenvalue weighted by Gasteiger charge is 2.91. The lowest BCUT2D eigenvalue weighted by Crippen LogP contribution is -2.34. The van der Waals surface area contributed by atoms with Crippen LogP contribution in [0.1, 0.15) is 5.56 Å². The molecule has 37 heavy (non-hydrogen) atoms. The van der Waals surface area contributed by atoms with Crippen LogP contribution in [0.25, 0.3) is 16.5 Å². The third-order valence-electron chi connectivity index (χ3n) is 5.69. The molecule has 1 fully saturated rings. The van der Waals surface area contributed by atoms with Crippen LogP contribution in [0, 0.1) is 0 Å². The van der Waals surface area contributed by atoms with Crippen LogP contribution < -0.4 is 0 Å². The third kappa shape index (κ3) is 3.09. The summed E-state index contributed by atoms with van der Waals surface area (Å²) >= 11 is 2.50. The summed E-state index contributed by atoms with van der Waals surface area (Å²) in [5.74, 6) is -19.1. The Morgan fingerprint density at radius 3 is 1.73 bits per heavy atom. The molecular weight excluding hydrogens is 598 g/mol. The number of hydrogen-bond acceptors (Lipinski definition) is 17. The van der Waals surface area contributed by atoms with Gasteiger partial charge in [-0.1, -0.05) is 0 Å². The Balaban J connectivity index is 2.23. The fourth-order valence-electron chi connectivity index (χ4n) is 3.72. The number of carbonyl (C=O) groups is 1. The number of carboxylic acids is 1. The van der Waals surface area contributed by atoms with Crippen molar-refractivity contribution in [2.75, 3.05) is 0 Å². The Labute approximate surface area is 213 Å². The van der Waals surface area contributed by atoms with Crippen LogP contribution in [0.2, 0.25) is 0 Å². The molecule has 0 aliphatic heterocycles. The van der Waals surface area contributed by atoms with E-state index in [1.54, 1.807) is 0 Å². The van der Waals surface area contributed by atoms with Gasteiger partial charge in [-0.2, -0.15) is 0 Å². The lowest BCUT2D eigenvalue weighted by Gasteiger charge is -2.23. The average molecular weight is 612 g/mol. The van der Waals surface area contributed by atoms with Gasteiger partial charge in [-0.05, 0) is 27.7 Å². The monoisotopic (exact) mass is 611 g/mol. The summed E-state index contributed by atoms with van der Waals surface area (Å²) < 4.78 is -0.0346. The molecule has 0 saturated heterocycles. The molecule has 0 unspecified atom stereocenters. The Bertz CT molecular complexity index is 1500. The van der Waals surface area contributed by atoms with Crippen LogP contribution >= 0.6 is 27.7 Å². The fourth-order valence-corrected chi connectivity index (χ4v) is 4.95. The summed E-state index contributed by atoms with van der Waals surface area (Å²) in [5, 5.41) is 142. The van der Waals surface area contributed by atoms with Gasteiger partial charge in [0.25, 0.3) is 11.6 Å². The third-order valence-corrected chi connectivity index (χ3v) is 7.11. The smallest absolute Gasteiger partial charge is 0.376 e. The fraction of sp³-hybridized carbons (Fsp3) is 0.235. The first-order valence-electron chi connectivity index (χ1n) is 9.25. The molecule has 0 amide bonds. The molecule has 1 aliphatic carbocycles. The second kappa shape index (κ2) is 7.59. The Hall–Kier alpha value is -3.34. The molecule has 20 heteroatoms. The van der Waals surface area contributed by atoms with Crippen molar-refractivity contribution in [3.8, 4) is 40.2 Å². The van der Waals surface area contributed by atoms with Gasteiger partial charge in [0.2, 0.25) is 27.0 Å². The molecule has 3 aromatic rings. The number of aliphatic carboxylic acids is 1. The summed E-state index contributed by atoms with van der Waals surface area (Å²) in [5.41, 5.74) is -6.22. The highest BCUT2D eigenvalue weighted by molar-refractivity contribution is 9.10. The van der Waals surface area contributed by atoms with Crippen molar-refractivity contribution in [2.45, 2.75) is 27.5 Å². The minimum absolute atomic E-state index is 0.329. The number of carboxylic acid groups (broad SMARTS) is 1. The largest absolute Gasteiger partial charge is 0.504 e. The van der Waals surface area contributed by atoms with Crippen LogP contribution in [0.15, 0.2) is 9.89 Å². The first-order valence-corrected chi connectivity index (χ1v) is 10.9. The second-order valence-corrected chi connectivity index (χ2v) is 9.57. The Kier molecular flexibility index (Phi) is 5.48. The molecule has 1 aromatic heterocycles. The van der Waals surface area contributed by atoms with Crippen molar-refractivity contribution in [3.05, 3.63) is 10.3 Å². The molecule has 14 N–H and O–H groups in total. The van der Waals surface area contributed by atoms with Gasteiger partial charge in [-0.3, -0.25) is 4.57 Å². The van der Waals surface area contributed by atoms with Crippen LogP contribution in [0.5, 0.6) is 34.5 Å². The second-order valence-electron chi connectivity index (χ2n) is 7.72. The Morgan fingerprint density at radius 2 is 1.27 bits per heavy atom. The predicted molar refractivity (Wildman–Crippen MR) is 115 cm³/mol. The number of rotatable bonds is 5. The number of phenols is 6. The van der Waals surface area contributed by atoms with Gasteiger partial charge < -0.3 is 71.5 Å². The highest BCUT2D eigenvalue weighted by atomic mass is 79.9. The molecular formula is C17H14BrN3O15S. The van der Waals surface area contributed by atoms with Crippen LogP contribution in [0.3, 0.4) is 0 Å². The molecule has 0 radical (unpaired) electrons. The minimum atomic E-state index is -3.87. The van der Waals surface area contributed by atoms with Crippen LogP contribution in [0.4, 0.5) is 0 Å². The van der Waals surface area contributed by atoms with E-state index >= 15 is 0 Å². The van der Waals surface area contributed by atoms with E-state index in [0.717, 1.165) is 0 Å². The number of fused-ring (bicyclic) bond motifs is 1. The number of aromatic hydroxyl groups is 6. The lowest BCUT2D eigenvalue weighted by molar-refractivity contribution is -0.207. The highest BCUT2D eigenvalue weighted by Crippen LogP contribution is 2.68. The molecule has 0 bridgehead atoms. The summed E-state index contributed by atoms with van der Waals surface area (Å²) in [6.07, 6.45) is 0. The van der Waals surface area contributed by atoms with E-state index < -0.39 is 94.7 Å². The van der Waals surface area contributed by atoms with Crippen LogP contribution in [-0.2, 0) is 10.4 Å². The first kappa shape index (κ1) is 26.7. The average Bonchev–Trinajstić information content (AvgIpc) is 3.02. The van der Waals surface area contributed by atoms with E-state index in [-0.39, 0.29) is 11.8 Å². The molecule has 18 nitrogen and oxygen atoms in total. The van der Waals surface area contributed by atoms with Gasteiger partial charge in [0.05, 0.1) is 10.9 Å². The maximum absolute atomic E-state index is 11.1. The molecule has 2 aromatic carbocycles. The number of phenolic OH excluding ortho intramolecular Hbond substituents is 6. The maximum atomic E-state index is 11.1. The standard InChI is InChI=1S/C17H14BrN3O15S/c18-12-19-20-13(37-15(31,32)11(28)29)21(12)4-2-1(5(22)9(26)10(27)6(2)23)3(7(24)8(4)25)14(30)16(33,34)17(14,35)36/h22-27,30-36H,(H,28,29). The van der Waals surface area contributed by atoms with Crippen molar-refractivity contribution in [3.63, 3.8) is 0 Å². The quantitative estimate of drug-likeness (QED) is 0.0583. The molecule has 1 saturated carbocycles. The zero-order chi connectivity index (χ0) is 28.2. The number of thioether (sulfide) groups is 1. The van der Waals surface area contributed by atoms with Crippen molar-refractivity contribution in [1.29, 1.82) is 0 Å². The van der Waals surface area contributed by atoms with Crippen molar-refractivity contribution < 1.29 is 76.3 Å². The minimum Gasteiger partial charge on any atom is -0.504 e. The van der Waals surface area contributed by atoms with E-state index in [1.807, 2.05) is 0 Å². The van der Waals surface area contributed by atoms with E-state index in [4.69, 9.17) is 5.11 Å². The lowest BCUT2D eigenvalue weighted by atomic mass is 9.92. The van der Waals surface area contributed by atoms with Crippen molar-refractivity contribution in [1.82, 2.24) is 14.8 Å². The summed E-state index contributed by atoms with van der Waals surface area (Å²) in [7, 11) is 0. The number of aromatic nitrogens is 3. The van der Waals surface area contributed by atoms with Gasteiger partial charge in [0, 0.05) is 5.39 Å². The summed E-state index contributed by atoms with van der Waals surface area (Å²) in [6, 6.07) is 0. The zero-order valence-corrected chi connectivity index (χ0v) is 19.7. The molecule has 1 aliphatic rings. The van der Waals surface area contributed by atoms with E-state index in [1.165, 1.54) is 0 Å². The van der Waals surface area contributed by atoms with Gasteiger partial charge in [0.1, 0.15) is 5.69 Å². The molecule has 4 rings (SSSR count). The Morgan fingerprint density at radius 1 is 0.784 bits per heavy atom. The van der Waals surface area contributed by atoms with Gasteiger partial charge in [-0.25, -0.2) is 4.79 Å². The maximum Gasteiger partial charge on any atom is 0.376 e. The zero-order valence-electron chi connectivity index (χ0n) is 17.3. The molecule has 1 heterocycles. The predicted octanol–water partition coefficient (Wildman–Crippen LogP) is -3.21. The van der Waals surface area contributed by atoms with Gasteiger partial charge >= 0.3 is 11.1 Å². The normalized spacial score (nSPS) is 17.7. The van der Waals surface area contributed by atoms with E-state index in [0.29, 0.717) is 4.57 Å². The summed E-state index contributed by atoms with van der Waals surface area (Å²) in [6.45, 7) is 0. The summed E-state index contributed by atoms with van der Waals surface area (Å²) in [4.78, 5) is 11.1. The SMILES string of the molecule is O=C(O)C(O)(O)Sc1nnc(Br)n1-c1c(O)c(O)c(C2(O)C(O)(O)C2(O)O)c2c(O)c(O)c(O)c(O)c12. The number of benzene rings is 2. The number of aliphatic hydroxyl groups is 7. The van der Waals surface area contributed by atoms with Crippen molar-refractivity contribution >= 4 is 44.4 Å². The number of hydrogen-bond donors (Lipinski definition) is 14. The van der Waals surface area contributed by atoms with Crippen LogP contribution in [-0.4, -0.2) is 109 Å². The topological polar surface area (TPSA) is 331 Å². The van der Waals surface area contributed by atoms with Gasteiger partial charge in [0.15, 0.2) is 23.0 Å². The molecule has 0 atom stereocenters. The van der Waals surface area contributed by atoms with E-state index in [2.05, 4.69) is 26.1 Å². The molecule has 0 spiro atoms. The molecule has 200 valence electrons.